The molecule has 0 aromatic carbocycles. The Kier molecular flexibility index (Phi) is 7.14. The number of hydrogen-bond acceptors (Lipinski definition) is 4. The molecule has 25 heavy (non-hydrogen) atoms. The van der Waals surface area contributed by atoms with Crippen molar-refractivity contribution in [1.82, 2.24) is 19.6 Å². The minimum absolute atomic E-state index is 0.349. The Balaban J connectivity index is 1.40. The highest BCUT2D eigenvalue weighted by atomic mass is 16.2. The summed E-state index contributed by atoms with van der Waals surface area (Å²) in [5.41, 5.74) is 0. The molecule has 0 aromatic heterocycles. The zero-order chi connectivity index (χ0) is 17.6. The van der Waals surface area contributed by atoms with Gasteiger partial charge in [-0.05, 0) is 59.0 Å². The number of likely N-dealkylation sites (tertiary alicyclic amines) is 2. The summed E-state index contributed by atoms with van der Waals surface area (Å²) < 4.78 is 0. The van der Waals surface area contributed by atoms with Gasteiger partial charge in [-0.3, -0.25) is 14.6 Å². The Labute approximate surface area is 154 Å². The number of amides is 1. The maximum Gasteiger partial charge on any atom is 0.236 e. The maximum atomic E-state index is 12.7. The lowest BCUT2D eigenvalue weighted by molar-refractivity contribution is -0.132. The highest BCUT2D eigenvalue weighted by Crippen LogP contribution is 2.21. The van der Waals surface area contributed by atoms with Crippen molar-refractivity contribution in [2.75, 3.05) is 58.9 Å². The van der Waals surface area contributed by atoms with Crippen LogP contribution in [0, 0.1) is 0 Å². The van der Waals surface area contributed by atoms with E-state index in [2.05, 4.69) is 33.4 Å². The topological polar surface area (TPSA) is 30.0 Å². The van der Waals surface area contributed by atoms with E-state index in [1.165, 1.54) is 45.2 Å². The Morgan fingerprint density at radius 1 is 0.840 bits per heavy atom. The van der Waals surface area contributed by atoms with Crippen molar-refractivity contribution in [3.05, 3.63) is 0 Å². The predicted octanol–water partition coefficient (Wildman–Crippen LogP) is 1.88. The second-order valence-corrected chi connectivity index (χ2v) is 8.47. The fourth-order valence-electron chi connectivity index (χ4n) is 4.72. The molecule has 3 aliphatic heterocycles. The number of piperidine rings is 2. The van der Waals surface area contributed by atoms with E-state index in [1.807, 2.05) is 0 Å². The van der Waals surface area contributed by atoms with E-state index in [0.717, 1.165) is 51.7 Å². The molecule has 3 aliphatic rings. The lowest BCUT2D eigenvalue weighted by Crippen LogP contribution is -2.49. The first-order chi connectivity index (χ1) is 12.1. The second kappa shape index (κ2) is 9.33. The molecule has 0 bridgehead atoms. The van der Waals surface area contributed by atoms with Gasteiger partial charge in [0.15, 0.2) is 0 Å². The molecule has 1 amide bonds. The molecule has 0 aromatic rings. The summed E-state index contributed by atoms with van der Waals surface area (Å²) in [5, 5.41) is 0. The Hall–Kier alpha value is -0.650. The number of nitrogens with zero attached hydrogens (tertiary/aromatic N) is 4. The molecule has 3 saturated heterocycles. The molecule has 0 radical (unpaired) electrons. The summed E-state index contributed by atoms with van der Waals surface area (Å²) in [7, 11) is 0. The summed E-state index contributed by atoms with van der Waals surface area (Å²) in [6, 6.07) is 1.35. The van der Waals surface area contributed by atoms with Crippen LogP contribution < -0.4 is 0 Å². The molecule has 144 valence electrons. The molecule has 3 fully saturated rings. The summed E-state index contributed by atoms with van der Waals surface area (Å²) in [4.78, 5) is 22.4. The van der Waals surface area contributed by atoms with Crippen molar-refractivity contribution in [3.8, 4) is 0 Å². The number of carbonyl (C=O) groups excluding carboxylic acids is 1. The van der Waals surface area contributed by atoms with E-state index in [-0.39, 0.29) is 0 Å². The Morgan fingerprint density at radius 3 is 2.24 bits per heavy atom. The molecule has 5 heteroatoms. The van der Waals surface area contributed by atoms with Crippen molar-refractivity contribution in [1.29, 1.82) is 0 Å². The van der Waals surface area contributed by atoms with Crippen LogP contribution in [-0.2, 0) is 4.79 Å². The first-order valence-corrected chi connectivity index (χ1v) is 10.6. The quantitative estimate of drug-likeness (QED) is 0.774. The van der Waals surface area contributed by atoms with Crippen molar-refractivity contribution in [3.63, 3.8) is 0 Å². The van der Waals surface area contributed by atoms with E-state index >= 15 is 0 Å². The predicted molar refractivity (Wildman–Crippen MR) is 103 cm³/mol. The van der Waals surface area contributed by atoms with Crippen LogP contribution in [-0.4, -0.2) is 96.5 Å². The fraction of sp³-hybridized carbons (Fsp3) is 0.950. The summed E-state index contributed by atoms with van der Waals surface area (Å²) in [5.74, 6) is 0.349. The van der Waals surface area contributed by atoms with Crippen LogP contribution in [0.4, 0.5) is 0 Å². The van der Waals surface area contributed by atoms with Gasteiger partial charge in [0.2, 0.25) is 5.91 Å². The summed E-state index contributed by atoms with van der Waals surface area (Å²) in [6.45, 7) is 13.9. The average molecular weight is 351 g/mol. The molecular weight excluding hydrogens is 312 g/mol. The third kappa shape index (κ3) is 5.41. The smallest absolute Gasteiger partial charge is 0.236 e. The largest absolute Gasteiger partial charge is 0.340 e. The molecule has 0 aliphatic carbocycles. The van der Waals surface area contributed by atoms with Crippen molar-refractivity contribution >= 4 is 5.91 Å². The minimum Gasteiger partial charge on any atom is -0.340 e. The molecule has 3 heterocycles. The van der Waals surface area contributed by atoms with Crippen molar-refractivity contribution in [2.45, 2.75) is 64.5 Å². The average Bonchev–Trinajstić information content (AvgIpc) is 2.89. The third-order valence-electron chi connectivity index (χ3n) is 6.44. The summed E-state index contributed by atoms with van der Waals surface area (Å²) >= 11 is 0. The van der Waals surface area contributed by atoms with Gasteiger partial charge in [0, 0.05) is 51.4 Å². The molecule has 0 saturated carbocycles. The first-order valence-electron chi connectivity index (χ1n) is 10.6. The van der Waals surface area contributed by atoms with Gasteiger partial charge in [0.05, 0.1) is 6.54 Å². The van der Waals surface area contributed by atoms with E-state index in [9.17, 15) is 4.79 Å². The number of hydrogen-bond donors (Lipinski definition) is 0. The van der Waals surface area contributed by atoms with E-state index in [0.29, 0.717) is 18.5 Å². The molecular formula is C20H38N4O. The molecule has 0 unspecified atom stereocenters. The van der Waals surface area contributed by atoms with Gasteiger partial charge in [-0.1, -0.05) is 6.42 Å². The maximum absolute atomic E-state index is 12.7. The normalized spacial score (nSPS) is 26.1. The summed E-state index contributed by atoms with van der Waals surface area (Å²) in [6.07, 6.45) is 7.76. The van der Waals surface area contributed by atoms with Gasteiger partial charge in [-0.25, -0.2) is 0 Å². The van der Waals surface area contributed by atoms with E-state index < -0.39 is 0 Å². The highest BCUT2D eigenvalue weighted by Gasteiger charge is 2.28. The molecule has 3 rings (SSSR count). The van der Waals surface area contributed by atoms with Gasteiger partial charge < -0.3 is 9.80 Å². The third-order valence-corrected chi connectivity index (χ3v) is 6.44. The molecule has 0 atom stereocenters. The van der Waals surface area contributed by atoms with Crippen LogP contribution in [0.3, 0.4) is 0 Å². The lowest BCUT2D eigenvalue weighted by atomic mass is 10.00. The number of rotatable bonds is 4. The molecule has 0 N–H and O–H groups in total. The zero-order valence-electron chi connectivity index (χ0n) is 16.5. The lowest BCUT2D eigenvalue weighted by Gasteiger charge is -2.40. The van der Waals surface area contributed by atoms with Crippen molar-refractivity contribution in [2.24, 2.45) is 0 Å². The van der Waals surface area contributed by atoms with Crippen LogP contribution >= 0.6 is 0 Å². The first kappa shape index (κ1) is 19.1. The van der Waals surface area contributed by atoms with Crippen LogP contribution in [0.25, 0.3) is 0 Å². The van der Waals surface area contributed by atoms with Gasteiger partial charge in [0.1, 0.15) is 0 Å². The SMILES string of the molecule is CC(C)N1CCCN(C(=O)CN2CCC(N3CCCCC3)CC2)CC1. The van der Waals surface area contributed by atoms with Crippen LogP contribution in [0.2, 0.25) is 0 Å². The number of carbonyl (C=O) groups is 1. The van der Waals surface area contributed by atoms with Crippen LogP contribution in [0.15, 0.2) is 0 Å². The van der Waals surface area contributed by atoms with E-state index in [1.54, 1.807) is 0 Å². The second-order valence-electron chi connectivity index (χ2n) is 8.47. The minimum atomic E-state index is 0.349. The van der Waals surface area contributed by atoms with Crippen LogP contribution in [0.1, 0.15) is 52.4 Å². The standard InChI is InChI=1S/C20H38N4O/c1-18(2)22-11-6-12-24(16-15-22)20(25)17-21-13-7-19(8-14-21)23-9-4-3-5-10-23/h18-19H,3-17H2,1-2H3. The van der Waals surface area contributed by atoms with Gasteiger partial charge in [0.25, 0.3) is 0 Å². The Bertz CT molecular complexity index is 414. The monoisotopic (exact) mass is 350 g/mol. The van der Waals surface area contributed by atoms with Crippen molar-refractivity contribution < 1.29 is 4.79 Å². The van der Waals surface area contributed by atoms with Gasteiger partial charge in [-0.2, -0.15) is 0 Å². The van der Waals surface area contributed by atoms with Gasteiger partial charge in [-0.15, -0.1) is 0 Å². The molecule has 5 nitrogen and oxygen atoms in total. The highest BCUT2D eigenvalue weighted by molar-refractivity contribution is 5.78. The Morgan fingerprint density at radius 2 is 1.56 bits per heavy atom. The zero-order valence-corrected chi connectivity index (χ0v) is 16.5. The van der Waals surface area contributed by atoms with E-state index in [4.69, 9.17) is 0 Å². The van der Waals surface area contributed by atoms with Gasteiger partial charge >= 0.3 is 0 Å². The van der Waals surface area contributed by atoms with Crippen LogP contribution in [0.5, 0.6) is 0 Å². The molecule has 0 spiro atoms. The fourth-order valence-corrected chi connectivity index (χ4v) is 4.72.